The molecule has 0 bridgehead atoms. The minimum absolute atomic E-state index is 0.605. The normalized spacial score (nSPS) is 11.3. The number of pyridine rings is 2. The van der Waals surface area contributed by atoms with E-state index in [-0.39, 0.29) is 0 Å². The average Bonchev–Trinajstić information content (AvgIpc) is 0.728. The fraction of sp³-hybridized carbons (Fsp3) is 0.0611. The zero-order chi connectivity index (χ0) is 97.4. The Hall–Kier alpha value is -18.6. The first-order chi connectivity index (χ1) is 70.5. The summed E-state index contributed by atoms with van der Waals surface area (Å²) < 4.78 is 0. The molecule has 0 radical (unpaired) electrons. The van der Waals surface area contributed by atoms with Gasteiger partial charge >= 0.3 is 0 Å². The van der Waals surface area contributed by atoms with Crippen LogP contribution < -0.4 is 0 Å². The van der Waals surface area contributed by atoms with E-state index in [1.165, 1.54) is 87.2 Å². The SMILES string of the molecule is Cc1cc(-c2cc(-c3nc(-c4ccccc4)nc(-c4ccccc4)n3)cc(-c3cccc4ccccc34)c2)nc(C)n1.Cc1cc(C)cc(-c2nc(-c3cc(C)cc(C)c3)nc(-c3cc(-c4ccc5cccnc5c4)cc(-c4cc5ccccc5c5ccccc45)c3)n2)c1.Cc1ccc(-c2nc(-c3ccc(C)cc3)nc(-c3cc(-c4cc5ccccc5c5ccccc45)cc(-c4cccc5cccnc45)c3)n2)cc1. The molecule has 0 aliphatic heterocycles. The van der Waals surface area contributed by atoms with Crippen molar-refractivity contribution >= 4 is 75.7 Å². The van der Waals surface area contributed by atoms with E-state index in [1.54, 1.807) is 0 Å². The topological polar surface area (TPSA) is 168 Å². The number of rotatable bonds is 15. The first-order valence-electron chi connectivity index (χ1n) is 48.5. The Morgan fingerprint density at radius 2 is 0.486 bits per heavy atom. The van der Waals surface area contributed by atoms with Gasteiger partial charge in [0.2, 0.25) is 0 Å². The van der Waals surface area contributed by atoms with Crippen LogP contribution in [-0.4, -0.2) is 64.8 Å². The Kier molecular flexibility index (Phi) is 24.0. The van der Waals surface area contributed by atoms with Gasteiger partial charge in [-0.2, -0.15) is 0 Å². The van der Waals surface area contributed by atoms with Gasteiger partial charge in [-0.25, -0.2) is 54.8 Å². The second-order valence-electron chi connectivity index (χ2n) is 37.2. The maximum atomic E-state index is 5.22. The van der Waals surface area contributed by atoms with E-state index < -0.39 is 0 Å². The number of nitrogens with zero attached hydrogens (tertiary/aromatic N) is 13. The summed E-state index contributed by atoms with van der Waals surface area (Å²) in [5.41, 5.74) is 31.1. The molecule has 6 heterocycles. The van der Waals surface area contributed by atoms with Crippen LogP contribution in [0.15, 0.2) is 431 Å². The Morgan fingerprint density at radius 3 is 0.972 bits per heavy atom. The zero-order valence-electron chi connectivity index (χ0n) is 80.8. The van der Waals surface area contributed by atoms with E-state index in [0.717, 1.165) is 150 Å². The summed E-state index contributed by atoms with van der Waals surface area (Å²) in [6.45, 7) is 16.6. The maximum Gasteiger partial charge on any atom is 0.164 e. The van der Waals surface area contributed by atoms with Crippen LogP contribution in [0.2, 0.25) is 0 Å². The van der Waals surface area contributed by atoms with Crippen molar-refractivity contribution in [3.63, 3.8) is 0 Å². The van der Waals surface area contributed by atoms with Crippen LogP contribution in [0.5, 0.6) is 0 Å². The zero-order valence-corrected chi connectivity index (χ0v) is 80.8. The van der Waals surface area contributed by atoms with E-state index in [9.17, 15) is 0 Å². The van der Waals surface area contributed by atoms with Gasteiger partial charge in [0.1, 0.15) is 5.82 Å². The highest BCUT2D eigenvalue weighted by Gasteiger charge is 2.24. The quantitative estimate of drug-likeness (QED) is 0.0890. The molecule has 6 aromatic heterocycles. The fourth-order valence-corrected chi connectivity index (χ4v) is 19.8. The number of hydrogen-bond acceptors (Lipinski definition) is 13. The lowest BCUT2D eigenvalue weighted by Crippen LogP contribution is -2.01. The summed E-state index contributed by atoms with van der Waals surface area (Å²) in [5, 5.41) is 14.3. The fourth-order valence-electron chi connectivity index (χ4n) is 19.8. The molecule has 684 valence electrons. The van der Waals surface area contributed by atoms with Gasteiger partial charge in [-0.15, -0.1) is 0 Å². The average molecular weight is 1850 g/mol. The van der Waals surface area contributed by atoms with Gasteiger partial charge < -0.3 is 0 Å². The van der Waals surface area contributed by atoms with Crippen LogP contribution in [0.4, 0.5) is 0 Å². The molecule has 0 fully saturated rings. The summed E-state index contributed by atoms with van der Waals surface area (Å²) in [5.74, 6) is 6.44. The molecule has 0 saturated carbocycles. The van der Waals surface area contributed by atoms with E-state index in [1.807, 2.05) is 105 Å². The number of aryl methyl sites for hydroxylation is 8. The van der Waals surface area contributed by atoms with Crippen molar-refractivity contribution in [3.05, 3.63) is 476 Å². The van der Waals surface area contributed by atoms with Crippen molar-refractivity contribution < 1.29 is 0 Å². The van der Waals surface area contributed by atoms with Crippen molar-refractivity contribution in [2.75, 3.05) is 0 Å². The highest BCUT2D eigenvalue weighted by atomic mass is 15.1. The lowest BCUT2D eigenvalue weighted by atomic mass is 9.90. The summed E-state index contributed by atoms with van der Waals surface area (Å²) in [4.78, 5) is 64.6. The van der Waals surface area contributed by atoms with Crippen LogP contribution in [-0.2, 0) is 0 Å². The molecule has 0 amide bonds. The van der Waals surface area contributed by atoms with Gasteiger partial charge in [0, 0.05) is 90.1 Å². The number of para-hydroxylation sites is 1. The van der Waals surface area contributed by atoms with Crippen molar-refractivity contribution in [1.82, 2.24) is 64.8 Å². The third-order valence-corrected chi connectivity index (χ3v) is 26.5. The third kappa shape index (κ3) is 18.6. The second-order valence-corrected chi connectivity index (χ2v) is 37.2. The summed E-state index contributed by atoms with van der Waals surface area (Å²) in [7, 11) is 0. The molecule has 25 rings (SSSR count). The predicted octanol–water partition coefficient (Wildman–Crippen LogP) is 32.7. The molecule has 0 unspecified atom stereocenters. The summed E-state index contributed by atoms with van der Waals surface area (Å²) in [6.07, 6.45) is 3.71. The highest BCUT2D eigenvalue weighted by Crippen LogP contribution is 2.45. The van der Waals surface area contributed by atoms with Crippen LogP contribution >= 0.6 is 0 Å². The largest absolute Gasteiger partial charge is 0.256 e. The first kappa shape index (κ1) is 89.3. The molecular weight excluding hydrogens is 1760 g/mol. The number of benzene rings is 19. The van der Waals surface area contributed by atoms with Crippen molar-refractivity contribution in [1.29, 1.82) is 0 Å². The van der Waals surface area contributed by atoms with Crippen LogP contribution in [0, 0.1) is 55.4 Å². The third-order valence-electron chi connectivity index (χ3n) is 26.5. The molecule has 144 heavy (non-hydrogen) atoms. The Bertz CT molecular complexity index is 9050. The van der Waals surface area contributed by atoms with E-state index in [4.69, 9.17) is 54.8 Å². The molecule has 0 aliphatic rings. The van der Waals surface area contributed by atoms with Gasteiger partial charge in [-0.3, -0.25) is 9.97 Å². The maximum absolute atomic E-state index is 5.22. The first-order valence-corrected chi connectivity index (χ1v) is 48.5. The lowest BCUT2D eigenvalue weighted by Gasteiger charge is -2.15. The number of fused-ring (bicyclic) bond motifs is 9. The molecule has 0 aliphatic carbocycles. The minimum atomic E-state index is 0.605. The molecule has 19 aromatic carbocycles. The Morgan fingerprint density at radius 1 is 0.153 bits per heavy atom. The number of aromatic nitrogens is 13. The van der Waals surface area contributed by atoms with Gasteiger partial charge in [0.05, 0.1) is 16.7 Å². The predicted molar refractivity (Wildman–Crippen MR) is 593 cm³/mol. The van der Waals surface area contributed by atoms with Gasteiger partial charge in [0.25, 0.3) is 0 Å². The standard InChI is InChI=1S/C48H36N4.C46H32N4.C37H27N5/c1-29-18-30(2)21-38(20-29)46-50-47(39-22-31(3)19-32(4)23-39)52-48(51-46)40-25-36(34-16-15-33-11-9-17-49-45(33)28-34)24-37(26-40)44-27-35-10-5-6-12-41(35)42-13-7-8-14-43(42)44;1-29-16-20-32(21-17-29)44-48-45(33-22-18-30(2)19-23-33)50-46(49-44)37-26-35(39-15-7-10-31-11-8-24-47-43(31)39)25-36(27-37)42-28-34-9-3-4-12-38(34)40-13-5-6-14-41(40)42;1-24-20-34(39-25(2)38-24)30-21-29(33-19-11-17-26-12-9-10-18-32(26)33)22-31(23-30)37-41-35(27-13-5-3-6-14-27)40-36(42-37)28-15-7-4-8-16-28/h5-28H,1-4H3;3-28H,1-2H3;3-23H,1-2H3. The molecule has 0 atom stereocenters. The summed E-state index contributed by atoms with van der Waals surface area (Å²) in [6, 6.07) is 147. The Balaban J connectivity index is 0.000000120. The van der Waals surface area contributed by atoms with Crippen molar-refractivity contribution in [2.45, 2.75) is 55.4 Å². The van der Waals surface area contributed by atoms with Gasteiger partial charge in [0.15, 0.2) is 52.4 Å². The van der Waals surface area contributed by atoms with Gasteiger partial charge in [-0.05, 0) is 275 Å². The van der Waals surface area contributed by atoms with Crippen molar-refractivity contribution in [3.8, 4) is 169 Å². The van der Waals surface area contributed by atoms with Crippen LogP contribution in [0.1, 0.15) is 44.9 Å². The van der Waals surface area contributed by atoms with E-state index in [0.29, 0.717) is 52.4 Å². The summed E-state index contributed by atoms with van der Waals surface area (Å²) >= 11 is 0. The molecule has 0 N–H and O–H groups in total. The second kappa shape index (κ2) is 38.7. The molecule has 13 nitrogen and oxygen atoms in total. The minimum Gasteiger partial charge on any atom is -0.256 e. The van der Waals surface area contributed by atoms with E-state index in [2.05, 4.69) is 391 Å². The van der Waals surface area contributed by atoms with Gasteiger partial charge in [-0.1, -0.05) is 337 Å². The van der Waals surface area contributed by atoms with E-state index >= 15 is 0 Å². The van der Waals surface area contributed by atoms with Crippen LogP contribution in [0.25, 0.3) is 245 Å². The number of hydrogen-bond donors (Lipinski definition) is 0. The molecule has 13 heteroatoms. The molecule has 0 saturated heterocycles. The van der Waals surface area contributed by atoms with Crippen molar-refractivity contribution in [2.24, 2.45) is 0 Å². The lowest BCUT2D eigenvalue weighted by molar-refractivity contribution is 1.02. The monoisotopic (exact) mass is 1850 g/mol. The molecular formula is C131H95N13. The molecule has 0 spiro atoms. The Labute approximate surface area is 835 Å². The highest BCUT2D eigenvalue weighted by molar-refractivity contribution is 6.16. The van der Waals surface area contributed by atoms with Crippen LogP contribution in [0.3, 0.4) is 0 Å². The molecule has 25 aromatic rings. The smallest absolute Gasteiger partial charge is 0.164 e.